The fraction of sp³-hybridized carbons (Fsp3) is 0.333. The summed E-state index contributed by atoms with van der Waals surface area (Å²) < 4.78 is 31.9. The van der Waals surface area contributed by atoms with Gasteiger partial charge < -0.3 is 4.74 Å². The third-order valence-electron chi connectivity index (χ3n) is 2.47. The first-order valence-electron chi connectivity index (χ1n) is 6.32. The van der Waals surface area contributed by atoms with Gasteiger partial charge in [-0.25, -0.2) is 18.1 Å². The van der Waals surface area contributed by atoms with Crippen LogP contribution in [-0.4, -0.2) is 42.5 Å². The Bertz CT molecular complexity index is 642. The van der Waals surface area contributed by atoms with E-state index in [-0.39, 0.29) is 4.90 Å². The zero-order valence-electron chi connectivity index (χ0n) is 11.4. The zero-order chi connectivity index (χ0) is 15.1. The highest BCUT2D eigenvalue weighted by molar-refractivity contribution is 7.99. The van der Waals surface area contributed by atoms with E-state index < -0.39 is 10.0 Å². The minimum atomic E-state index is -3.50. The van der Waals surface area contributed by atoms with Gasteiger partial charge in [-0.15, -0.1) is 0 Å². The molecule has 2 aromatic rings. The minimum absolute atomic E-state index is 0.218. The summed E-state index contributed by atoms with van der Waals surface area (Å²) in [5, 5.41) is 7.07. The van der Waals surface area contributed by atoms with Crippen molar-refractivity contribution in [2.45, 2.75) is 17.0 Å². The number of nitrogens with one attached hydrogen (secondary N) is 2. The van der Waals surface area contributed by atoms with Gasteiger partial charge in [-0.05, 0) is 31.2 Å². The topological polar surface area (TPSA) is 97.0 Å². The van der Waals surface area contributed by atoms with Crippen LogP contribution in [0.25, 0.3) is 0 Å². The molecular weight excluding hydrogens is 312 g/mol. The highest BCUT2D eigenvalue weighted by Gasteiger charge is 2.13. The molecule has 0 aliphatic carbocycles. The molecule has 0 saturated carbocycles. The largest absolute Gasteiger partial charge is 0.494 e. The maximum atomic E-state index is 12.1. The van der Waals surface area contributed by atoms with Crippen molar-refractivity contribution in [1.82, 2.24) is 19.9 Å². The summed E-state index contributed by atoms with van der Waals surface area (Å²) in [5.74, 6) is 1.21. The fourth-order valence-electron chi connectivity index (χ4n) is 1.55. The SMILES string of the molecule is CCOc1ccc(S(=O)(=O)NCCSc2ncn[nH]2)cc1. The van der Waals surface area contributed by atoms with Gasteiger partial charge in [0.25, 0.3) is 0 Å². The third kappa shape index (κ3) is 4.73. The highest BCUT2D eigenvalue weighted by atomic mass is 32.2. The Kier molecular flexibility index (Phi) is 5.59. The first-order valence-corrected chi connectivity index (χ1v) is 8.79. The number of sulfonamides is 1. The summed E-state index contributed by atoms with van der Waals surface area (Å²) in [6, 6.07) is 6.33. The number of hydrogen-bond acceptors (Lipinski definition) is 6. The molecular formula is C12H16N4O3S2. The second-order valence-electron chi connectivity index (χ2n) is 3.94. The summed E-state index contributed by atoms with van der Waals surface area (Å²) in [5.41, 5.74) is 0. The standard InChI is InChI=1S/C12H16N4O3S2/c1-2-19-10-3-5-11(6-4-10)21(17,18)15-7-8-20-12-13-9-14-16-12/h3-6,9,15H,2,7-8H2,1H3,(H,13,14,16). The van der Waals surface area contributed by atoms with E-state index in [0.717, 1.165) is 0 Å². The van der Waals surface area contributed by atoms with Crippen molar-refractivity contribution < 1.29 is 13.2 Å². The molecule has 114 valence electrons. The first-order chi connectivity index (χ1) is 10.1. The molecule has 1 aromatic heterocycles. The van der Waals surface area contributed by atoms with Gasteiger partial charge in [0.2, 0.25) is 10.0 Å². The third-order valence-corrected chi connectivity index (χ3v) is 4.83. The van der Waals surface area contributed by atoms with E-state index in [9.17, 15) is 8.42 Å². The molecule has 0 atom stereocenters. The van der Waals surface area contributed by atoms with E-state index in [1.54, 1.807) is 12.1 Å². The van der Waals surface area contributed by atoms with Crippen LogP contribution in [0.15, 0.2) is 40.6 Å². The summed E-state index contributed by atoms with van der Waals surface area (Å²) in [7, 11) is -3.50. The van der Waals surface area contributed by atoms with Crippen LogP contribution in [0.3, 0.4) is 0 Å². The van der Waals surface area contributed by atoms with Crippen LogP contribution in [-0.2, 0) is 10.0 Å². The van der Waals surface area contributed by atoms with Crippen LogP contribution >= 0.6 is 11.8 Å². The number of benzene rings is 1. The molecule has 0 saturated heterocycles. The Morgan fingerprint density at radius 1 is 1.33 bits per heavy atom. The number of rotatable bonds is 8. The fourth-order valence-corrected chi connectivity index (χ4v) is 3.35. The van der Waals surface area contributed by atoms with E-state index in [1.165, 1.54) is 30.2 Å². The van der Waals surface area contributed by atoms with Crippen LogP contribution in [0.2, 0.25) is 0 Å². The molecule has 2 rings (SSSR count). The number of hydrogen-bond donors (Lipinski definition) is 2. The number of aromatic nitrogens is 3. The Hall–Kier alpha value is -1.58. The Morgan fingerprint density at radius 3 is 2.71 bits per heavy atom. The molecule has 0 spiro atoms. The van der Waals surface area contributed by atoms with Crippen LogP contribution in [0, 0.1) is 0 Å². The molecule has 9 heteroatoms. The van der Waals surface area contributed by atoms with Gasteiger partial charge >= 0.3 is 0 Å². The molecule has 0 fully saturated rings. The molecule has 0 unspecified atom stereocenters. The number of aromatic amines is 1. The molecule has 21 heavy (non-hydrogen) atoms. The first kappa shape index (κ1) is 15.8. The molecule has 0 aliphatic heterocycles. The minimum Gasteiger partial charge on any atom is -0.494 e. The van der Waals surface area contributed by atoms with Crippen molar-refractivity contribution in [3.05, 3.63) is 30.6 Å². The Morgan fingerprint density at radius 2 is 2.10 bits per heavy atom. The van der Waals surface area contributed by atoms with Crippen LogP contribution in [0.1, 0.15) is 6.92 Å². The van der Waals surface area contributed by atoms with Gasteiger partial charge in [-0.3, -0.25) is 5.10 Å². The molecule has 1 aromatic carbocycles. The van der Waals surface area contributed by atoms with E-state index >= 15 is 0 Å². The van der Waals surface area contributed by atoms with Crippen molar-refractivity contribution in [2.24, 2.45) is 0 Å². The number of thioether (sulfide) groups is 1. The Labute approximate surface area is 127 Å². The molecule has 2 N–H and O–H groups in total. The summed E-state index contributed by atoms with van der Waals surface area (Å²) in [4.78, 5) is 4.16. The van der Waals surface area contributed by atoms with E-state index in [2.05, 4.69) is 19.9 Å². The van der Waals surface area contributed by atoms with Gasteiger partial charge in [0.1, 0.15) is 12.1 Å². The maximum absolute atomic E-state index is 12.1. The lowest BCUT2D eigenvalue weighted by Gasteiger charge is -2.07. The van der Waals surface area contributed by atoms with Crippen molar-refractivity contribution in [3.8, 4) is 5.75 Å². The summed E-state index contributed by atoms with van der Waals surface area (Å²) >= 11 is 1.40. The van der Waals surface area contributed by atoms with Gasteiger partial charge in [-0.1, -0.05) is 11.8 Å². The van der Waals surface area contributed by atoms with Crippen LogP contribution in [0.5, 0.6) is 5.75 Å². The summed E-state index contributed by atoms with van der Waals surface area (Å²) in [6.07, 6.45) is 1.41. The predicted molar refractivity (Wildman–Crippen MR) is 79.9 cm³/mol. The number of ether oxygens (including phenoxy) is 1. The molecule has 0 aliphatic rings. The predicted octanol–water partition coefficient (Wildman–Crippen LogP) is 1.27. The summed E-state index contributed by atoms with van der Waals surface area (Å²) in [6.45, 7) is 2.72. The Balaban J connectivity index is 1.85. The van der Waals surface area contributed by atoms with Crippen LogP contribution < -0.4 is 9.46 Å². The second kappa shape index (κ2) is 7.43. The lowest BCUT2D eigenvalue weighted by Crippen LogP contribution is -2.26. The van der Waals surface area contributed by atoms with Gasteiger partial charge in [0, 0.05) is 12.3 Å². The molecule has 1 heterocycles. The molecule has 7 nitrogen and oxygen atoms in total. The van der Waals surface area contributed by atoms with E-state index in [0.29, 0.717) is 29.8 Å². The van der Waals surface area contributed by atoms with Crippen LogP contribution in [0.4, 0.5) is 0 Å². The smallest absolute Gasteiger partial charge is 0.240 e. The van der Waals surface area contributed by atoms with Gasteiger partial charge in [-0.2, -0.15) is 5.10 Å². The van der Waals surface area contributed by atoms with Crippen molar-refractivity contribution >= 4 is 21.8 Å². The zero-order valence-corrected chi connectivity index (χ0v) is 13.1. The molecule has 0 bridgehead atoms. The normalized spacial score (nSPS) is 11.5. The van der Waals surface area contributed by atoms with Gasteiger partial charge in [0.05, 0.1) is 11.5 Å². The monoisotopic (exact) mass is 328 g/mol. The lowest BCUT2D eigenvalue weighted by atomic mass is 10.3. The van der Waals surface area contributed by atoms with Crippen molar-refractivity contribution in [3.63, 3.8) is 0 Å². The average molecular weight is 328 g/mol. The van der Waals surface area contributed by atoms with Crippen molar-refractivity contribution in [1.29, 1.82) is 0 Å². The highest BCUT2D eigenvalue weighted by Crippen LogP contribution is 2.16. The maximum Gasteiger partial charge on any atom is 0.240 e. The van der Waals surface area contributed by atoms with Crippen molar-refractivity contribution in [2.75, 3.05) is 18.9 Å². The number of H-pyrrole nitrogens is 1. The quantitative estimate of drug-likeness (QED) is 0.559. The van der Waals surface area contributed by atoms with Gasteiger partial charge in [0.15, 0.2) is 5.16 Å². The number of nitrogens with zero attached hydrogens (tertiary/aromatic N) is 2. The molecule has 0 amide bonds. The average Bonchev–Trinajstić information content (AvgIpc) is 2.98. The lowest BCUT2D eigenvalue weighted by molar-refractivity contribution is 0.340. The second-order valence-corrected chi connectivity index (χ2v) is 6.79. The van der Waals surface area contributed by atoms with E-state index in [4.69, 9.17) is 4.74 Å². The molecule has 0 radical (unpaired) electrons. The van der Waals surface area contributed by atoms with E-state index in [1.807, 2.05) is 6.92 Å².